The molecule has 3 N–H and O–H groups in total. The molecule has 0 bridgehead atoms. The van der Waals surface area contributed by atoms with Crippen molar-refractivity contribution in [3.05, 3.63) is 46.1 Å². The lowest BCUT2D eigenvalue weighted by Gasteiger charge is -2.30. The standard InChI is InChI=1S/C13H14ClN3OS/c1-7-10(12(18)15-2)11(17-13(19)16-7)8-3-5-9(14)6-4-8/h3-6,11H,1-2H3,(H,15,18)(H2,16,17,19)/t11-/m1/s1. The van der Waals surface area contributed by atoms with Gasteiger partial charge in [-0.1, -0.05) is 23.7 Å². The first-order valence-electron chi connectivity index (χ1n) is 5.78. The smallest absolute Gasteiger partial charge is 0.251 e. The lowest BCUT2D eigenvalue weighted by Crippen LogP contribution is -2.46. The van der Waals surface area contributed by atoms with Crippen molar-refractivity contribution in [2.75, 3.05) is 7.05 Å². The van der Waals surface area contributed by atoms with E-state index in [4.69, 9.17) is 23.8 Å². The third-order valence-electron chi connectivity index (χ3n) is 2.94. The second-order valence-electron chi connectivity index (χ2n) is 4.20. The Bertz CT molecular complexity index is 554. The largest absolute Gasteiger partial charge is 0.355 e. The summed E-state index contributed by atoms with van der Waals surface area (Å²) in [6, 6.07) is 7.07. The number of rotatable bonds is 2. The summed E-state index contributed by atoms with van der Waals surface area (Å²) in [5, 5.41) is 9.88. The maximum Gasteiger partial charge on any atom is 0.251 e. The van der Waals surface area contributed by atoms with Crippen LogP contribution in [0.5, 0.6) is 0 Å². The zero-order valence-corrected chi connectivity index (χ0v) is 12.2. The average molecular weight is 296 g/mol. The van der Waals surface area contributed by atoms with Crippen LogP contribution in [0.15, 0.2) is 35.5 Å². The van der Waals surface area contributed by atoms with Crippen molar-refractivity contribution in [2.24, 2.45) is 0 Å². The Balaban J connectivity index is 2.46. The maximum atomic E-state index is 12.0. The first-order valence-corrected chi connectivity index (χ1v) is 6.57. The summed E-state index contributed by atoms with van der Waals surface area (Å²) in [4.78, 5) is 12.0. The van der Waals surface area contributed by atoms with E-state index in [1.165, 1.54) is 0 Å². The molecule has 0 saturated heterocycles. The van der Waals surface area contributed by atoms with Crippen molar-refractivity contribution >= 4 is 34.8 Å². The number of likely N-dealkylation sites (N-methyl/N-ethyl adjacent to an activating group) is 1. The molecule has 0 unspecified atom stereocenters. The molecule has 0 spiro atoms. The lowest BCUT2D eigenvalue weighted by atomic mass is 9.95. The highest BCUT2D eigenvalue weighted by Gasteiger charge is 2.28. The minimum atomic E-state index is -0.272. The van der Waals surface area contributed by atoms with Gasteiger partial charge in [0.05, 0.1) is 11.6 Å². The third-order valence-corrected chi connectivity index (χ3v) is 3.42. The van der Waals surface area contributed by atoms with Gasteiger partial charge in [-0.15, -0.1) is 0 Å². The molecular formula is C13H14ClN3OS. The van der Waals surface area contributed by atoms with Crippen LogP contribution >= 0.6 is 23.8 Å². The second-order valence-corrected chi connectivity index (χ2v) is 5.05. The van der Waals surface area contributed by atoms with Gasteiger partial charge in [0.25, 0.3) is 5.91 Å². The molecule has 1 heterocycles. The molecule has 1 aromatic rings. The monoisotopic (exact) mass is 295 g/mol. The van der Waals surface area contributed by atoms with Crippen LogP contribution in [0.3, 0.4) is 0 Å². The number of carbonyl (C=O) groups is 1. The van der Waals surface area contributed by atoms with E-state index in [9.17, 15) is 4.79 Å². The highest BCUT2D eigenvalue weighted by atomic mass is 35.5. The van der Waals surface area contributed by atoms with E-state index < -0.39 is 0 Å². The maximum absolute atomic E-state index is 12.0. The minimum absolute atomic E-state index is 0.139. The molecule has 0 saturated carbocycles. The third kappa shape index (κ3) is 2.88. The van der Waals surface area contributed by atoms with Gasteiger partial charge in [-0.25, -0.2) is 0 Å². The Morgan fingerprint density at radius 2 is 2.00 bits per heavy atom. The number of amides is 1. The van der Waals surface area contributed by atoms with E-state index >= 15 is 0 Å². The van der Waals surface area contributed by atoms with E-state index in [2.05, 4.69) is 16.0 Å². The number of nitrogens with one attached hydrogen (secondary N) is 3. The number of hydrogen-bond acceptors (Lipinski definition) is 2. The van der Waals surface area contributed by atoms with Crippen LogP contribution in [0.2, 0.25) is 5.02 Å². The SMILES string of the molecule is CNC(=O)C1=C(C)NC(=S)N[C@@H]1c1ccc(Cl)cc1. The van der Waals surface area contributed by atoms with Crippen molar-refractivity contribution in [3.8, 4) is 0 Å². The van der Waals surface area contributed by atoms with Gasteiger partial charge in [0.15, 0.2) is 5.11 Å². The van der Waals surface area contributed by atoms with Crippen LogP contribution in [0.4, 0.5) is 0 Å². The average Bonchev–Trinajstić information content (AvgIpc) is 2.38. The number of hydrogen-bond donors (Lipinski definition) is 3. The molecule has 1 aliphatic rings. The van der Waals surface area contributed by atoms with Crippen molar-refractivity contribution in [1.29, 1.82) is 0 Å². The molecule has 0 fully saturated rings. The van der Waals surface area contributed by atoms with E-state index in [1.807, 2.05) is 19.1 Å². The van der Waals surface area contributed by atoms with Crippen LogP contribution in [0, 0.1) is 0 Å². The molecule has 0 radical (unpaired) electrons. The van der Waals surface area contributed by atoms with Gasteiger partial charge in [-0.05, 0) is 36.8 Å². The van der Waals surface area contributed by atoms with Crippen molar-refractivity contribution in [3.63, 3.8) is 0 Å². The number of carbonyl (C=O) groups excluding carboxylic acids is 1. The molecule has 100 valence electrons. The molecule has 1 atom stereocenters. The molecule has 0 aromatic heterocycles. The predicted molar refractivity (Wildman–Crippen MR) is 79.8 cm³/mol. The zero-order chi connectivity index (χ0) is 14.0. The Morgan fingerprint density at radius 1 is 1.37 bits per heavy atom. The summed E-state index contributed by atoms with van der Waals surface area (Å²) in [6.45, 7) is 1.83. The summed E-state index contributed by atoms with van der Waals surface area (Å²) in [6.07, 6.45) is 0. The van der Waals surface area contributed by atoms with Crippen LogP contribution < -0.4 is 16.0 Å². The molecule has 1 aliphatic heterocycles. The van der Waals surface area contributed by atoms with E-state index in [-0.39, 0.29) is 11.9 Å². The zero-order valence-electron chi connectivity index (χ0n) is 10.6. The summed E-state index contributed by atoms with van der Waals surface area (Å²) in [7, 11) is 1.61. The van der Waals surface area contributed by atoms with Crippen LogP contribution in [-0.2, 0) is 4.79 Å². The molecule has 1 amide bonds. The first-order chi connectivity index (χ1) is 9.02. The molecule has 4 nitrogen and oxygen atoms in total. The van der Waals surface area contributed by atoms with Gasteiger partial charge in [-0.2, -0.15) is 0 Å². The minimum Gasteiger partial charge on any atom is -0.355 e. The van der Waals surface area contributed by atoms with E-state index in [0.29, 0.717) is 15.7 Å². The van der Waals surface area contributed by atoms with Gasteiger partial charge in [0.1, 0.15) is 0 Å². The Hall–Kier alpha value is -1.59. The number of thiocarbonyl (C=S) groups is 1. The van der Waals surface area contributed by atoms with Gasteiger partial charge >= 0.3 is 0 Å². The van der Waals surface area contributed by atoms with Gasteiger partial charge in [0, 0.05) is 17.8 Å². The van der Waals surface area contributed by atoms with Crippen molar-refractivity contribution < 1.29 is 4.79 Å². The Kier molecular flexibility index (Phi) is 4.07. The molecule has 6 heteroatoms. The number of benzene rings is 1. The summed E-state index contributed by atoms with van der Waals surface area (Å²) < 4.78 is 0. The summed E-state index contributed by atoms with van der Waals surface area (Å²) >= 11 is 11.0. The normalized spacial score (nSPS) is 18.7. The molecular weight excluding hydrogens is 282 g/mol. The highest BCUT2D eigenvalue weighted by Crippen LogP contribution is 2.27. The van der Waals surface area contributed by atoms with Gasteiger partial charge < -0.3 is 16.0 Å². The van der Waals surface area contributed by atoms with E-state index in [0.717, 1.165) is 11.3 Å². The fourth-order valence-electron chi connectivity index (χ4n) is 2.03. The fraction of sp³-hybridized carbons (Fsp3) is 0.231. The van der Waals surface area contributed by atoms with Crippen LogP contribution in [-0.4, -0.2) is 18.1 Å². The van der Waals surface area contributed by atoms with E-state index in [1.54, 1.807) is 19.2 Å². The fourth-order valence-corrected chi connectivity index (χ4v) is 2.43. The molecule has 2 rings (SSSR count). The molecule has 1 aromatic carbocycles. The van der Waals surface area contributed by atoms with Crippen LogP contribution in [0.1, 0.15) is 18.5 Å². The van der Waals surface area contributed by atoms with Crippen molar-refractivity contribution in [1.82, 2.24) is 16.0 Å². The van der Waals surface area contributed by atoms with Gasteiger partial charge in [-0.3, -0.25) is 4.79 Å². The highest BCUT2D eigenvalue weighted by molar-refractivity contribution is 7.80. The molecule has 0 aliphatic carbocycles. The summed E-state index contributed by atoms with van der Waals surface area (Å²) in [5.74, 6) is -0.139. The van der Waals surface area contributed by atoms with Crippen molar-refractivity contribution in [2.45, 2.75) is 13.0 Å². The number of halogens is 1. The lowest BCUT2D eigenvalue weighted by molar-refractivity contribution is -0.117. The Morgan fingerprint density at radius 3 is 2.58 bits per heavy atom. The second kappa shape index (κ2) is 5.59. The quantitative estimate of drug-likeness (QED) is 0.729. The van der Waals surface area contributed by atoms with Crippen LogP contribution in [0.25, 0.3) is 0 Å². The predicted octanol–water partition coefficient (Wildman–Crippen LogP) is 1.88. The van der Waals surface area contributed by atoms with Gasteiger partial charge in [0.2, 0.25) is 0 Å². The Labute approximate surface area is 122 Å². The molecule has 19 heavy (non-hydrogen) atoms. The first kappa shape index (κ1) is 13.8. The topological polar surface area (TPSA) is 53.2 Å². The number of allylic oxidation sites excluding steroid dienone is 1. The summed E-state index contributed by atoms with van der Waals surface area (Å²) in [5.41, 5.74) is 2.31.